The number of amides is 1. The average molecular weight is 438 g/mol. The Bertz CT molecular complexity index is 1080. The molecule has 0 bridgehead atoms. The van der Waals surface area contributed by atoms with Gasteiger partial charge in [-0.25, -0.2) is 0 Å². The van der Waals surface area contributed by atoms with E-state index in [-0.39, 0.29) is 11.8 Å². The topological polar surface area (TPSA) is 72.5 Å². The van der Waals surface area contributed by atoms with Crippen molar-refractivity contribution in [1.29, 1.82) is 0 Å². The van der Waals surface area contributed by atoms with Crippen LogP contribution in [0.25, 0.3) is 0 Å². The minimum absolute atomic E-state index is 0.0247. The Morgan fingerprint density at radius 2 is 1.71 bits per heavy atom. The van der Waals surface area contributed by atoms with Crippen LogP contribution >= 0.6 is 11.6 Å². The first-order valence-corrected chi connectivity index (χ1v) is 11.2. The van der Waals surface area contributed by atoms with Gasteiger partial charge in [0.05, 0.1) is 5.41 Å². The first kappa shape index (κ1) is 20.3. The minimum Gasteiger partial charge on any atom is -0.425 e. The highest BCUT2D eigenvalue weighted by atomic mass is 35.5. The lowest BCUT2D eigenvalue weighted by molar-refractivity contribution is -0.149. The number of para-hydroxylation sites is 1. The maximum absolute atomic E-state index is 13.7. The lowest BCUT2D eigenvalue weighted by Gasteiger charge is -2.28. The fourth-order valence-electron chi connectivity index (χ4n) is 5.70. The number of ether oxygens (including phenoxy) is 1. The Hall–Kier alpha value is -2.66. The highest BCUT2D eigenvalue weighted by Crippen LogP contribution is 2.78. The van der Waals surface area contributed by atoms with Gasteiger partial charge < -0.3 is 10.1 Å². The van der Waals surface area contributed by atoms with E-state index >= 15 is 0 Å². The number of ketones is 1. The van der Waals surface area contributed by atoms with Crippen LogP contribution in [0.4, 0.5) is 0 Å². The third-order valence-corrected chi connectivity index (χ3v) is 7.63. The summed E-state index contributed by atoms with van der Waals surface area (Å²) in [6.07, 6.45) is 5.04. The number of benzene rings is 2. The molecule has 2 fully saturated rings. The summed E-state index contributed by atoms with van der Waals surface area (Å²) < 4.78 is 5.63. The maximum atomic E-state index is 13.7. The number of carbonyl (C=O) groups is 3. The van der Waals surface area contributed by atoms with Crippen LogP contribution < -0.4 is 10.1 Å². The Labute approximate surface area is 186 Å². The number of carbonyl (C=O) groups excluding carboxylic acids is 3. The quantitative estimate of drug-likeness (QED) is 0.326. The second-order valence-electron chi connectivity index (χ2n) is 9.02. The summed E-state index contributed by atoms with van der Waals surface area (Å²) in [6, 6.07) is 13.8. The van der Waals surface area contributed by atoms with Crippen molar-refractivity contribution in [3.05, 3.63) is 64.7 Å². The van der Waals surface area contributed by atoms with Gasteiger partial charge in [-0.15, -0.1) is 0 Å². The van der Waals surface area contributed by atoms with Crippen molar-refractivity contribution < 1.29 is 19.1 Å². The van der Waals surface area contributed by atoms with Gasteiger partial charge in [0.25, 0.3) is 0 Å². The molecule has 1 N–H and O–H groups in total. The number of fused-ring (bicyclic) bond motifs is 3. The van der Waals surface area contributed by atoms with Crippen LogP contribution in [0.2, 0.25) is 5.02 Å². The molecule has 2 saturated carbocycles. The van der Waals surface area contributed by atoms with Crippen LogP contribution in [0.3, 0.4) is 0 Å². The Kier molecular flexibility index (Phi) is 4.70. The van der Waals surface area contributed by atoms with Crippen molar-refractivity contribution in [3.8, 4) is 5.75 Å². The van der Waals surface area contributed by atoms with Crippen molar-refractivity contribution in [2.24, 2.45) is 10.8 Å². The predicted octanol–water partition coefficient (Wildman–Crippen LogP) is 4.68. The fraction of sp³-hybridized carbons (Fsp3) is 0.400. The molecule has 5 nitrogen and oxygen atoms in total. The molecule has 0 saturated heterocycles. The van der Waals surface area contributed by atoms with Gasteiger partial charge in [0, 0.05) is 28.1 Å². The number of rotatable bonds is 4. The molecule has 2 aromatic rings. The highest BCUT2D eigenvalue weighted by Gasteiger charge is 2.88. The van der Waals surface area contributed by atoms with Gasteiger partial charge in [0.1, 0.15) is 5.75 Å². The second-order valence-corrected chi connectivity index (χ2v) is 9.45. The third-order valence-electron chi connectivity index (χ3n) is 7.38. The molecule has 3 atom stereocenters. The summed E-state index contributed by atoms with van der Waals surface area (Å²) in [7, 11) is 0. The van der Waals surface area contributed by atoms with Gasteiger partial charge in [-0.05, 0) is 50.1 Å². The molecule has 3 aliphatic rings. The van der Waals surface area contributed by atoms with E-state index in [1.165, 1.54) is 0 Å². The van der Waals surface area contributed by atoms with Gasteiger partial charge in [0.15, 0.2) is 11.2 Å². The summed E-state index contributed by atoms with van der Waals surface area (Å²) in [5.74, 6) is -1.43. The monoisotopic (exact) mass is 437 g/mol. The molecular weight excluding hydrogens is 414 g/mol. The second kappa shape index (κ2) is 7.20. The van der Waals surface area contributed by atoms with E-state index in [0.29, 0.717) is 16.3 Å². The van der Waals surface area contributed by atoms with E-state index in [2.05, 4.69) is 5.32 Å². The van der Waals surface area contributed by atoms with Crippen LogP contribution in [0.1, 0.15) is 60.9 Å². The van der Waals surface area contributed by atoms with Crippen molar-refractivity contribution in [3.63, 3.8) is 0 Å². The minimum atomic E-state index is -1.56. The van der Waals surface area contributed by atoms with E-state index in [1.807, 2.05) is 12.1 Å². The number of halogens is 1. The summed E-state index contributed by atoms with van der Waals surface area (Å²) in [6.45, 7) is 1.72. The normalized spacial score (nSPS) is 29.4. The molecule has 0 unspecified atom stereocenters. The zero-order chi connectivity index (χ0) is 21.8. The van der Waals surface area contributed by atoms with E-state index in [1.54, 1.807) is 43.3 Å². The predicted molar refractivity (Wildman–Crippen MR) is 116 cm³/mol. The van der Waals surface area contributed by atoms with Gasteiger partial charge in [-0.3, -0.25) is 14.4 Å². The number of hydrogen-bond acceptors (Lipinski definition) is 4. The molecular formula is C25H24ClNO4. The Morgan fingerprint density at radius 1 is 1.03 bits per heavy atom. The molecule has 2 aromatic carbocycles. The Morgan fingerprint density at radius 3 is 2.42 bits per heavy atom. The molecule has 2 aliphatic carbocycles. The summed E-state index contributed by atoms with van der Waals surface area (Å²) >= 11 is 5.99. The molecule has 1 aliphatic heterocycles. The summed E-state index contributed by atoms with van der Waals surface area (Å²) in [4.78, 5) is 40.8. The molecule has 1 amide bonds. The third kappa shape index (κ3) is 2.79. The van der Waals surface area contributed by atoms with Crippen molar-refractivity contribution >= 4 is 29.3 Å². The lowest BCUT2D eigenvalue weighted by Crippen LogP contribution is -2.49. The largest absolute Gasteiger partial charge is 0.425 e. The van der Waals surface area contributed by atoms with Crippen LogP contribution in [0.5, 0.6) is 5.75 Å². The van der Waals surface area contributed by atoms with Gasteiger partial charge in [-0.2, -0.15) is 0 Å². The average Bonchev–Trinajstić information content (AvgIpc) is 3.38. The number of esters is 1. The van der Waals surface area contributed by atoms with Crippen molar-refractivity contribution in [2.45, 2.75) is 51.0 Å². The van der Waals surface area contributed by atoms with Crippen LogP contribution in [0, 0.1) is 10.8 Å². The molecule has 0 radical (unpaired) electrons. The van der Waals surface area contributed by atoms with Crippen LogP contribution in [-0.2, 0) is 9.59 Å². The molecule has 5 rings (SSSR count). The number of Topliss-reactive ketones (excluding diaryl/α,β-unsaturated/α-hetero) is 1. The van der Waals surface area contributed by atoms with Gasteiger partial charge >= 0.3 is 5.97 Å². The van der Waals surface area contributed by atoms with Crippen LogP contribution in [0.15, 0.2) is 48.5 Å². The van der Waals surface area contributed by atoms with Gasteiger partial charge in [-0.1, -0.05) is 49.1 Å². The van der Waals surface area contributed by atoms with Crippen molar-refractivity contribution in [1.82, 2.24) is 5.32 Å². The SMILES string of the molecule is C[C@@]1(C(=O)c2ccc(Cl)cc2)[C@H]2c3ccccc3OC(=O)[C@]21C(=O)NC1CCCCC1. The molecule has 1 heterocycles. The zero-order valence-corrected chi connectivity index (χ0v) is 18.1. The first-order chi connectivity index (χ1) is 14.9. The van der Waals surface area contributed by atoms with Gasteiger partial charge in [0.2, 0.25) is 5.91 Å². The zero-order valence-electron chi connectivity index (χ0n) is 17.3. The smallest absolute Gasteiger partial charge is 0.328 e. The standard InChI is InChI=1S/C25H24ClNO4/c1-24(21(28)15-11-13-16(26)14-12-15)20-18-9-5-6-10-19(18)31-23(30)25(20,24)22(29)27-17-7-3-2-4-8-17/h5-6,9-14,17,20H,2-4,7-8H2,1H3,(H,27,29)/t20-,24+,25-/m1/s1. The highest BCUT2D eigenvalue weighted by molar-refractivity contribution is 6.30. The number of hydrogen-bond donors (Lipinski definition) is 1. The number of nitrogens with one attached hydrogen (secondary N) is 1. The summed E-state index contributed by atoms with van der Waals surface area (Å²) in [5, 5.41) is 3.61. The molecule has 6 heteroatoms. The first-order valence-electron chi connectivity index (χ1n) is 10.8. The Balaban J connectivity index is 1.59. The maximum Gasteiger partial charge on any atom is 0.328 e. The lowest BCUT2D eigenvalue weighted by atomic mass is 9.85. The fourth-order valence-corrected chi connectivity index (χ4v) is 5.83. The molecule has 0 aromatic heterocycles. The molecule has 160 valence electrons. The van der Waals surface area contributed by atoms with Crippen LogP contribution in [-0.4, -0.2) is 23.7 Å². The van der Waals surface area contributed by atoms with E-state index in [0.717, 1.165) is 37.7 Å². The van der Waals surface area contributed by atoms with E-state index < -0.39 is 28.6 Å². The van der Waals surface area contributed by atoms with E-state index in [9.17, 15) is 14.4 Å². The van der Waals surface area contributed by atoms with E-state index in [4.69, 9.17) is 16.3 Å². The summed E-state index contributed by atoms with van der Waals surface area (Å²) in [5.41, 5.74) is -1.64. The molecule has 0 spiro atoms. The molecule has 31 heavy (non-hydrogen) atoms. The van der Waals surface area contributed by atoms with Crippen molar-refractivity contribution in [2.75, 3.05) is 0 Å².